The number of nitrogens with one attached hydrogen (secondary N) is 2. The van der Waals surface area contributed by atoms with Crippen LogP contribution in [0.4, 0.5) is 0 Å². The quantitative estimate of drug-likeness (QED) is 0.645. The first-order chi connectivity index (χ1) is 14.0. The average Bonchev–Trinajstić information content (AvgIpc) is 3.34. The summed E-state index contributed by atoms with van der Waals surface area (Å²) in [4.78, 5) is 30.2. The SMILES string of the molecule is Cc1ccoc1C(=O)NC1CCN(C(=O)c2c[nH]c(=S)n2-c2ccccc2)CC1. The summed E-state index contributed by atoms with van der Waals surface area (Å²) in [7, 11) is 0. The van der Waals surface area contributed by atoms with Gasteiger partial charge in [-0.3, -0.25) is 14.2 Å². The maximum atomic E-state index is 13.1. The van der Waals surface area contributed by atoms with E-state index in [1.54, 1.807) is 21.7 Å². The molecule has 0 aliphatic carbocycles. The molecule has 0 saturated carbocycles. The molecule has 1 aromatic carbocycles. The first kappa shape index (κ1) is 19.2. The van der Waals surface area contributed by atoms with Crippen LogP contribution >= 0.6 is 12.2 Å². The number of likely N-dealkylation sites (tertiary alicyclic amines) is 1. The number of H-pyrrole nitrogens is 1. The standard InChI is InChI=1S/C21H22N4O3S/c1-14-9-12-28-18(14)19(26)23-15-7-10-24(11-8-15)20(27)17-13-22-21(29)25(17)16-5-3-2-4-6-16/h2-6,9,12-13,15H,7-8,10-11H2,1H3,(H,22,29)(H,23,26). The number of rotatable bonds is 4. The fourth-order valence-electron chi connectivity index (χ4n) is 3.60. The number of amides is 2. The number of hydrogen-bond donors (Lipinski definition) is 2. The molecule has 1 aliphatic rings. The number of nitrogens with zero attached hydrogens (tertiary/aromatic N) is 2. The molecule has 150 valence electrons. The molecule has 29 heavy (non-hydrogen) atoms. The maximum absolute atomic E-state index is 13.1. The van der Waals surface area contributed by atoms with Crippen molar-refractivity contribution in [2.24, 2.45) is 0 Å². The van der Waals surface area contributed by atoms with Crippen LogP contribution in [0.1, 0.15) is 39.4 Å². The lowest BCUT2D eigenvalue weighted by Gasteiger charge is -2.32. The Labute approximate surface area is 173 Å². The van der Waals surface area contributed by atoms with E-state index >= 15 is 0 Å². The smallest absolute Gasteiger partial charge is 0.287 e. The third-order valence-corrected chi connectivity index (χ3v) is 5.50. The van der Waals surface area contributed by atoms with Crippen LogP contribution in [0.25, 0.3) is 5.69 Å². The molecule has 1 aliphatic heterocycles. The van der Waals surface area contributed by atoms with Gasteiger partial charge in [-0.2, -0.15) is 0 Å². The van der Waals surface area contributed by atoms with Crippen molar-refractivity contribution in [3.63, 3.8) is 0 Å². The summed E-state index contributed by atoms with van der Waals surface area (Å²) in [5, 5.41) is 3.00. The second-order valence-electron chi connectivity index (χ2n) is 7.12. The number of furan rings is 1. The highest BCUT2D eigenvalue weighted by Crippen LogP contribution is 2.18. The topological polar surface area (TPSA) is 83.3 Å². The fraction of sp³-hybridized carbons (Fsp3) is 0.286. The van der Waals surface area contributed by atoms with Gasteiger partial charge in [0, 0.05) is 36.6 Å². The Morgan fingerprint density at radius 2 is 1.90 bits per heavy atom. The van der Waals surface area contributed by atoms with Gasteiger partial charge in [0.2, 0.25) is 0 Å². The van der Waals surface area contributed by atoms with E-state index in [-0.39, 0.29) is 17.9 Å². The lowest BCUT2D eigenvalue weighted by Crippen LogP contribution is -2.46. The summed E-state index contributed by atoms with van der Waals surface area (Å²) < 4.78 is 7.49. The number of aromatic amines is 1. The van der Waals surface area contributed by atoms with Gasteiger partial charge in [-0.05, 0) is 50.2 Å². The zero-order valence-electron chi connectivity index (χ0n) is 16.1. The Bertz CT molecular complexity index is 1070. The molecule has 3 aromatic rings. The summed E-state index contributed by atoms with van der Waals surface area (Å²) in [6.07, 6.45) is 4.55. The fourth-order valence-corrected chi connectivity index (χ4v) is 3.87. The largest absolute Gasteiger partial charge is 0.459 e. The summed E-state index contributed by atoms with van der Waals surface area (Å²) in [5.41, 5.74) is 2.17. The number of piperidine rings is 1. The van der Waals surface area contributed by atoms with Gasteiger partial charge < -0.3 is 19.6 Å². The molecule has 3 heterocycles. The molecule has 0 atom stereocenters. The van der Waals surface area contributed by atoms with E-state index in [0.717, 1.165) is 11.3 Å². The predicted molar refractivity (Wildman–Crippen MR) is 111 cm³/mol. The van der Waals surface area contributed by atoms with Crippen LogP contribution in [0, 0.1) is 11.7 Å². The van der Waals surface area contributed by atoms with Crippen LogP contribution in [-0.4, -0.2) is 45.4 Å². The minimum absolute atomic E-state index is 0.0121. The molecule has 0 radical (unpaired) electrons. The van der Waals surface area contributed by atoms with Gasteiger partial charge in [0.1, 0.15) is 5.69 Å². The third kappa shape index (κ3) is 3.88. The molecule has 8 heteroatoms. The van der Waals surface area contributed by atoms with Crippen LogP contribution in [0.15, 0.2) is 53.3 Å². The van der Waals surface area contributed by atoms with Gasteiger partial charge in [-0.1, -0.05) is 18.2 Å². The molecular weight excluding hydrogens is 388 g/mol. The minimum atomic E-state index is -0.208. The predicted octanol–water partition coefficient (Wildman–Crippen LogP) is 3.47. The summed E-state index contributed by atoms with van der Waals surface area (Å²) in [5.74, 6) is 0.0612. The van der Waals surface area contributed by atoms with Crippen molar-refractivity contribution in [1.82, 2.24) is 19.8 Å². The minimum Gasteiger partial charge on any atom is -0.459 e. The molecule has 0 spiro atoms. The second kappa shape index (κ2) is 8.08. The number of hydrogen-bond acceptors (Lipinski definition) is 4. The van der Waals surface area contributed by atoms with Gasteiger partial charge in [0.15, 0.2) is 10.5 Å². The Kier molecular flexibility index (Phi) is 5.35. The number of carbonyl (C=O) groups is 2. The molecule has 2 aromatic heterocycles. The normalized spacial score (nSPS) is 14.7. The Hall–Kier alpha value is -3.13. The highest BCUT2D eigenvalue weighted by Gasteiger charge is 2.27. The van der Waals surface area contributed by atoms with Crippen molar-refractivity contribution in [2.45, 2.75) is 25.8 Å². The monoisotopic (exact) mass is 410 g/mol. The number of carbonyl (C=O) groups excluding carboxylic acids is 2. The number of benzene rings is 1. The number of imidazole rings is 1. The van der Waals surface area contributed by atoms with Crippen molar-refractivity contribution in [3.05, 3.63) is 70.6 Å². The van der Waals surface area contributed by atoms with Gasteiger partial charge in [0.05, 0.1) is 6.26 Å². The van der Waals surface area contributed by atoms with Crippen molar-refractivity contribution >= 4 is 24.0 Å². The molecule has 1 fully saturated rings. The molecular formula is C21H22N4O3S. The highest BCUT2D eigenvalue weighted by molar-refractivity contribution is 7.71. The molecule has 1 saturated heterocycles. The first-order valence-corrected chi connectivity index (χ1v) is 9.95. The summed E-state index contributed by atoms with van der Waals surface area (Å²) >= 11 is 5.37. The number of aryl methyl sites for hydroxylation is 1. The van der Waals surface area contributed by atoms with Gasteiger partial charge in [-0.25, -0.2) is 0 Å². The highest BCUT2D eigenvalue weighted by atomic mass is 32.1. The molecule has 2 amide bonds. The summed E-state index contributed by atoms with van der Waals surface area (Å²) in [6.45, 7) is 2.97. The maximum Gasteiger partial charge on any atom is 0.287 e. The van der Waals surface area contributed by atoms with E-state index in [1.807, 2.05) is 37.3 Å². The summed E-state index contributed by atoms with van der Waals surface area (Å²) in [6, 6.07) is 11.4. The van der Waals surface area contributed by atoms with E-state index in [9.17, 15) is 9.59 Å². The Balaban J connectivity index is 1.42. The van der Waals surface area contributed by atoms with Crippen molar-refractivity contribution in [2.75, 3.05) is 13.1 Å². The number of para-hydroxylation sites is 1. The second-order valence-corrected chi connectivity index (χ2v) is 7.51. The average molecular weight is 410 g/mol. The van der Waals surface area contributed by atoms with E-state index in [2.05, 4.69) is 10.3 Å². The molecule has 0 unspecified atom stereocenters. The van der Waals surface area contributed by atoms with E-state index in [1.165, 1.54) is 6.26 Å². The molecule has 4 rings (SSSR count). The van der Waals surface area contributed by atoms with Gasteiger partial charge in [0.25, 0.3) is 11.8 Å². The first-order valence-electron chi connectivity index (χ1n) is 9.54. The Morgan fingerprint density at radius 1 is 1.17 bits per heavy atom. The van der Waals surface area contributed by atoms with Gasteiger partial charge >= 0.3 is 0 Å². The van der Waals surface area contributed by atoms with Crippen LogP contribution in [0.5, 0.6) is 0 Å². The lowest BCUT2D eigenvalue weighted by atomic mass is 10.0. The van der Waals surface area contributed by atoms with Crippen LogP contribution in [0.2, 0.25) is 0 Å². The van der Waals surface area contributed by atoms with E-state index < -0.39 is 0 Å². The molecule has 0 bridgehead atoms. The van der Waals surface area contributed by atoms with E-state index in [4.69, 9.17) is 16.6 Å². The van der Waals surface area contributed by atoms with Crippen LogP contribution < -0.4 is 5.32 Å². The van der Waals surface area contributed by atoms with Crippen molar-refractivity contribution < 1.29 is 14.0 Å². The van der Waals surface area contributed by atoms with Gasteiger partial charge in [-0.15, -0.1) is 0 Å². The molecule has 2 N–H and O–H groups in total. The zero-order valence-corrected chi connectivity index (χ0v) is 16.9. The Morgan fingerprint density at radius 3 is 2.55 bits per heavy atom. The zero-order chi connectivity index (χ0) is 20.4. The molecule has 7 nitrogen and oxygen atoms in total. The van der Waals surface area contributed by atoms with Crippen molar-refractivity contribution in [3.8, 4) is 5.69 Å². The lowest BCUT2D eigenvalue weighted by molar-refractivity contribution is 0.0688. The third-order valence-electron chi connectivity index (χ3n) is 5.20. The van der Waals surface area contributed by atoms with Crippen molar-refractivity contribution in [1.29, 1.82) is 0 Å². The van der Waals surface area contributed by atoms with Crippen LogP contribution in [-0.2, 0) is 0 Å². The van der Waals surface area contributed by atoms with E-state index in [0.29, 0.717) is 42.2 Å². The van der Waals surface area contributed by atoms with Crippen LogP contribution in [0.3, 0.4) is 0 Å². The number of aromatic nitrogens is 2.